The van der Waals surface area contributed by atoms with Crippen LogP contribution in [-0.2, 0) is 4.79 Å². The van der Waals surface area contributed by atoms with Crippen molar-refractivity contribution in [3.63, 3.8) is 0 Å². The number of hydrogen-bond acceptors (Lipinski definition) is 3. The van der Waals surface area contributed by atoms with E-state index in [1.54, 1.807) is 37.3 Å². The number of carbonyl (C=O) groups excluding carboxylic acids is 1. The largest absolute Gasteiger partial charge is 0.453 e. The van der Waals surface area contributed by atoms with Crippen molar-refractivity contribution in [2.24, 2.45) is 5.73 Å². The summed E-state index contributed by atoms with van der Waals surface area (Å²) >= 11 is 3.36. The number of carbonyl (C=O) groups is 1. The van der Waals surface area contributed by atoms with Gasteiger partial charge in [-0.2, -0.15) is 0 Å². The summed E-state index contributed by atoms with van der Waals surface area (Å²) in [4.78, 5) is 11.6. The Bertz CT molecular complexity index is 749. The van der Waals surface area contributed by atoms with Gasteiger partial charge >= 0.3 is 0 Å². The minimum absolute atomic E-state index is 0.129. The number of benzene rings is 2. The molecule has 108 valence electrons. The van der Waals surface area contributed by atoms with Crippen molar-refractivity contribution in [2.45, 2.75) is 13.0 Å². The number of nitrogens with one attached hydrogen (secondary N) is 1. The Morgan fingerprint density at radius 3 is 2.86 bits per heavy atom. The van der Waals surface area contributed by atoms with Crippen molar-refractivity contribution in [1.82, 2.24) is 0 Å². The maximum atomic E-state index is 14.0. The average molecular weight is 351 g/mol. The number of rotatable bonds is 2. The van der Waals surface area contributed by atoms with Crippen LogP contribution in [0.5, 0.6) is 11.5 Å². The number of amides is 1. The third-order valence-corrected chi connectivity index (χ3v) is 3.98. The van der Waals surface area contributed by atoms with Gasteiger partial charge < -0.3 is 15.8 Å². The monoisotopic (exact) mass is 350 g/mol. The van der Waals surface area contributed by atoms with Gasteiger partial charge in [0.05, 0.1) is 4.47 Å². The van der Waals surface area contributed by atoms with E-state index in [4.69, 9.17) is 10.5 Å². The van der Waals surface area contributed by atoms with Crippen LogP contribution >= 0.6 is 15.9 Å². The molecule has 1 aliphatic heterocycles. The summed E-state index contributed by atoms with van der Waals surface area (Å²) in [7, 11) is 0. The predicted molar refractivity (Wildman–Crippen MR) is 80.9 cm³/mol. The van der Waals surface area contributed by atoms with Gasteiger partial charge in [0.1, 0.15) is 11.8 Å². The summed E-state index contributed by atoms with van der Waals surface area (Å²) in [6, 6.07) is 7.58. The lowest BCUT2D eigenvalue weighted by Gasteiger charge is -2.12. The Kier molecular flexibility index (Phi) is 3.43. The molecule has 1 amide bonds. The van der Waals surface area contributed by atoms with E-state index in [1.807, 2.05) is 0 Å². The van der Waals surface area contributed by atoms with Crippen molar-refractivity contribution in [2.75, 3.05) is 5.32 Å². The highest BCUT2D eigenvalue weighted by molar-refractivity contribution is 9.10. The number of ether oxygens (including phenoxy) is 1. The molecule has 1 aliphatic rings. The van der Waals surface area contributed by atoms with Crippen molar-refractivity contribution in [1.29, 1.82) is 0 Å². The summed E-state index contributed by atoms with van der Waals surface area (Å²) in [6.07, 6.45) is 0. The summed E-state index contributed by atoms with van der Waals surface area (Å²) in [6.45, 7) is 1.67. The van der Waals surface area contributed by atoms with E-state index in [2.05, 4.69) is 21.2 Å². The molecule has 0 aromatic heterocycles. The Hall–Kier alpha value is -1.92. The SMILES string of the molecule is Cc1cccc(Oc2cc3c(cc2Br)C(N)C(=O)N3)c1F. The molecular weight excluding hydrogens is 339 g/mol. The molecule has 4 nitrogen and oxygen atoms in total. The molecule has 0 radical (unpaired) electrons. The molecular formula is C15H12BrFN2O2. The van der Waals surface area contributed by atoms with E-state index < -0.39 is 11.9 Å². The minimum Gasteiger partial charge on any atom is -0.453 e. The van der Waals surface area contributed by atoms with E-state index in [1.165, 1.54) is 0 Å². The fourth-order valence-corrected chi connectivity index (χ4v) is 2.62. The normalized spacial score (nSPS) is 16.6. The summed E-state index contributed by atoms with van der Waals surface area (Å²) in [5.74, 6) is -0.140. The molecule has 3 rings (SSSR count). The van der Waals surface area contributed by atoms with E-state index in [9.17, 15) is 9.18 Å². The predicted octanol–water partition coefficient (Wildman–Crippen LogP) is 3.64. The third-order valence-electron chi connectivity index (χ3n) is 3.36. The van der Waals surface area contributed by atoms with Crippen LogP contribution in [0.4, 0.5) is 10.1 Å². The minimum atomic E-state index is -0.693. The molecule has 0 bridgehead atoms. The lowest BCUT2D eigenvalue weighted by molar-refractivity contribution is -0.116. The second-order valence-electron chi connectivity index (χ2n) is 4.83. The number of hydrogen-bond donors (Lipinski definition) is 2. The molecule has 0 aliphatic carbocycles. The van der Waals surface area contributed by atoms with Crippen LogP contribution < -0.4 is 15.8 Å². The summed E-state index contributed by atoms with van der Waals surface area (Å²) in [5.41, 5.74) is 7.54. The Morgan fingerprint density at radius 2 is 2.10 bits per heavy atom. The topological polar surface area (TPSA) is 64.3 Å². The van der Waals surface area contributed by atoms with Crippen LogP contribution in [0.15, 0.2) is 34.8 Å². The van der Waals surface area contributed by atoms with E-state index in [0.717, 1.165) is 0 Å². The zero-order valence-corrected chi connectivity index (χ0v) is 12.7. The fourth-order valence-electron chi connectivity index (χ4n) is 2.18. The number of nitrogens with two attached hydrogens (primary N) is 1. The molecule has 1 atom stereocenters. The van der Waals surface area contributed by atoms with Crippen LogP contribution in [0, 0.1) is 12.7 Å². The van der Waals surface area contributed by atoms with Crippen LogP contribution in [0.3, 0.4) is 0 Å². The van der Waals surface area contributed by atoms with Crippen molar-refractivity contribution < 1.29 is 13.9 Å². The highest BCUT2D eigenvalue weighted by atomic mass is 79.9. The van der Waals surface area contributed by atoms with Crippen molar-refractivity contribution >= 4 is 27.5 Å². The lowest BCUT2D eigenvalue weighted by Crippen LogP contribution is -2.19. The van der Waals surface area contributed by atoms with Gasteiger partial charge in [-0.05, 0) is 40.5 Å². The maximum Gasteiger partial charge on any atom is 0.245 e. The fraction of sp³-hybridized carbons (Fsp3) is 0.133. The molecule has 0 spiro atoms. The smallest absolute Gasteiger partial charge is 0.245 e. The zero-order valence-electron chi connectivity index (χ0n) is 11.1. The molecule has 21 heavy (non-hydrogen) atoms. The molecule has 2 aromatic rings. The Morgan fingerprint density at radius 1 is 1.33 bits per heavy atom. The molecule has 0 saturated carbocycles. The van der Waals surface area contributed by atoms with Crippen LogP contribution in [0.1, 0.15) is 17.2 Å². The number of fused-ring (bicyclic) bond motifs is 1. The summed E-state index contributed by atoms with van der Waals surface area (Å²) < 4.78 is 20.2. The van der Waals surface area contributed by atoms with Crippen molar-refractivity contribution in [3.05, 3.63) is 51.7 Å². The first-order valence-corrected chi connectivity index (χ1v) is 7.09. The Balaban J connectivity index is 1.99. The molecule has 3 N–H and O–H groups in total. The highest BCUT2D eigenvalue weighted by Crippen LogP contribution is 2.40. The molecule has 0 saturated heterocycles. The molecule has 1 unspecified atom stereocenters. The summed E-state index contributed by atoms with van der Waals surface area (Å²) in [5, 5.41) is 2.67. The second kappa shape index (κ2) is 5.13. The molecule has 0 fully saturated rings. The van der Waals surface area contributed by atoms with Gasteiger partial charge in [0.2, 0.25) is 5.91 Å². The first-order valence-electron chi connectivity index (χ1n) is 6.30. The van der Waals surface area contributed by atoms with E-state index in [-0.39, 0.29) is 11.7 Å². The van der Waals surface area contributed by atoms with Gasteiger partial charge in [0.25, 0.3) is 0 Å². The average Bonchev–Trinajstić information content (AvgIpc) is 2.71. The van der Waals surface area contributed by atoms with Gasteiger partial charge in [-0.15, -0.1) is 0 Å². The van der Waals surface area contributed by atoms with Crippen LogP contribution in [0.25, 0.3) is 0 Å². The first kappa shape index (κ1) is 14.0. The van der Waals surface area contributed by atoms with Gasteiger partial charge in [0, 0.05) is 17.3 Å². The highest BCUT2D eigenvalue weighted by Gasteiger charge is 2.28. The quantitative estimate of drug-likeness (QED) is 0.868. The number of anilines is 1. The maximum absolute atomic E-state index is 14.0. The molecule has 1 heterocycles. The lowest BCUT2D eigenvalue weighted by atomic mass is 10.1. The number of aryl methyl sites for hydroxylation is 1. The van der Waals surface area contributed by atoms with Gasteiger partial charge in [-0.1, -0.05) is 12.1 Å². The molecule has 2 aromatic carbocycles. The van der Waals surface area contributed by atoms with Crippen LogP contribution in [0.2, 0.25) is 0 Å². The second-order valence-corrected chi connectivity index (χ2v) is 5.68. The first-order chi connectivity index (χ1) is 9.97. The number of halogens is 2. The van der Waals surface area contributed by atoms with Gasteiger partial charge in [-0.25, -0.2) is 4.39 Å². The zero-order chi connectivity index (χ0) is 15.1. The van der Waals surface area contributed by atoms with E-state index >= 15 is 0 Å². The third kappa shape index (κ3) is 2.41. The van der Waals surface area contributed by atoms with Gasteiger partial charge in [-0.3, -0.25) is 4.79 Å². The standard InChI is InChI=1S/C15H12BrFN2O2/c1-7-3-2-4-11(13(7)17)21-12-6-10-8(5-9(12)16)14(18)15(20)19-10/h2-6,14H,18H2,1H3,(H,19,20). The van der Waals surface area contributed by atoms with E-state index in [0.29, 0.717) is 27.0 Å². The van der Waals surface area contributed by atoms with Crippen molar-refractivity contribution in [3.8, 4) is 11.5 Å². The Labute approximate surface area is 129 Å². The van der Waals surface area contributed by atoms with Crippen LogP contribution in [-0.4, -0.2) is 5.91 Å². The van der Waals surface area contributed by atoms with Gasteiger partial charge in [0.15, 0.2) is 11.6 Å². The molecule has 6 heteroatoms.